The van der Waals surface area contributed by atoms with Gasteiger partial charge in [0, 0.05) is 46.6 Å². The quantitative estimate of drug-likeness (QED) is 0.288. The molecule has 0 saturated carbocycles. The highest BCUT2D eigenvalue weighted by Crippen LogP contribution is 2.17. The van der Waals surface area contributed by atoms with Gasteiger partial charge in [-0.2, -0.15) is 0 Å². The van der Waals surface area contributed by atoms with Gasteiger partial charge in [-0.3, -0.25) is 4.99 Å². The van der Waals surface area contributed by atoms with Crippen LogP contribution in [0.5, 0.6) is 0 Å². The maximum absolute atomic E-state index is 5.65. The molecule has 0 spiro atoms. The minimum atomic E-state index is -2.40. The highest BCUT2D eigenvalue weighted by atomic mass is 28.4. The summed E-state index contributed by atoms with van der Waals surface area (Å²) in [5, 5.41) is 0. The molecule has 10 heteroatoms. The Labute approximate surface area is 168 Å². The molecular weight excluding hydrogens is 382 g/mol. The number of aliphatic imine (C=N–C) groups is 1. The van der Waals surface area contributed by atoms with Gasteiger partial charge in [-0.15, -0.1) is 0 Å². The first-order valence-corrected chi connectivity index (χ1v) is 14.3. The van der Waals surface area contributed by atoms with Crippen molar-refractivity contribution in [1.29, 1.82) is 0 Å². The van der Waals surface area contributed by atoms with Crippen molar-refractivity contribution in [2.45, 2.75) is 52.2 Å². The molecule has 0 aliphatic carbocycles. The van der Waals surface area contributed by atoms with E-state index in [2.05, 4.69) is 4.99 Å². The SMILES string of the molecule is CCO[Si](CCCN)(OCC)OCC.CO[Si](C)(CCC=NCCN)OC. The fraction of sp³-hybridized carbons (Fsp3) is 0.941. The second kappa shape index (κ2) is 19.2. The van der Waals surface area contributed by atoms with Crippen LogP contribution in [0.15, 0.2) is 4.99 Å². The summed E-state index contributed by atoms with van der Waals surface area (Å²) in [5.41, 5.74) is 10.8. The Balaban J connectivity index is 0. The van der Waals surface area contributed by atoms with Crippen LogP contribution in [-0.2, 0) is 22.1 Å². The number of hydrogen-bond donors (Lipinski definition) is 2. The van der Waals surface area contributed by atoms with E-state index in [0.29, 0.717) is 39.5 Å². The van der Waals surface area contributed by atoms with Crippen molar-refractivity contribution in [1.82, 2.24) is 0 Å². The zero-order valence-corrected chi connectivity index (χ0v) is 20.3. The van der Waals surface area contributed by atoms with E-state index in [4.69, 9.17) is 33.6 Å². The standard InChI is InChI=1S/C9H23NO3Si.C8H20N2O2Si/c1-4-11-14(12-5-2,13-6-3)9-7-8-10;1-11-13(3,12-2)8-4-6-10-7-5-9/h4-10H2,1-3H3;6H,4-5,7-9H2,1-3H3. The van der Waals surface area contributed by atoms with Gasteiger partial charge in [0.05, 0.1) is 6.54 Å². The molecule has 0 bridgehead atoms. The Hall–Kier alpha value is -0.176. The first-order chi connectivity index (χ1) is 12.9. The third kappa shape index (κ3) is 15.4. The lowest BCUT2D eigenvalue weighted by Gasteiger charge is -2.28. The predicted octanol–water partition coefficient (Wildman–Crippen LogP) is 2.15. The lowest BCUT2D eigenvalue weighted by Crippen LogP contribution is -2.46. The van der Waals surface area contributed by atoms with Crippen LogP contribution in [-0.4, -0.2) is 77.3 Å². The molecule has 0 saturated heterocycles. The van der Waals surface area contributed by atoms with Crippen molar-refractivity contribution in [3.05, 3.63) is 0 Å². The van der Waals surface area contributed by atoms with Crippen molar-refractivity contribution in [2.75, 3.05) is 53.7 Å². The Kier molecular flexibility index (Phi) is 20.6. The summed E-state index contributed by atoms with van der Waals surface area (Å²) in [6.07, 6.45) is 3.70. The normalized spacial score (nSPS) is 12.3. The summed E-state index contributed by atoms with van der Waals surface area (Å²) in [6, 6.07) is 1.76. The van der Waals surface area contributed by atoms with Crippen LogP contribution in [0.1, 0.15) is 33.6 Å². The summed E-state index contributed by atoms with van der Waals surface area (Å²) in [4.78, 5) is 4.12. The minimum Gasteiger partial charge on any atom is -0.398 e. The maximum atomic E-state index is 5.65. The first-order valence-electron chi connectivity index (χ1n) is 9.83. The average molecular weight is 426 g/mol. The van der Waals surface area contributed by atoms with E-state index in [1.54, 1.807) is 14.2 Å². The Bertz CT molecular complexity index is 332. The Morgan fingerprint density at radius 3 is 1.74 bits per heavy atom. The van der Waals surface area contributed by atoms with Crippen LogP contribution in [0.25, 0.3) is 0 Å². The van der Waals surface area contributed by atoms with E-state index in [9.17, 15) is 0 Å². The number of rotatable bonds is 16. The monoisotopic (exact) mass is 425 g/mol. The molecule has 0 heterocycles. The molecule has 0 aromatic rings. The van der Waals surface area contributed by atoms with E-state index >= 15 is 0 Å². The van der Waals surface area contributed by atoms with Crippen molar-refractivity contribution < 1.29 is 22.1 Å². The molecular formula is C17H43N3O5Si2. The van der Waals surface area contributed by atoms with E-state index in [1.165, 1.54) is 0 Å². The predicted molar refractivity (Wildman–Crippen MR) is 117 cm³/mol. The number of nitrogens with two attached hydrogens (primary N) is 2. The smallest absolute Gasteiger partial charge is 0.398 e. The van der Waals surface area contributed by atoms with E-state index < -0.39 is 17.4 Å². The van der Waals surface area contributed by atoms with Crippen molar-refractivity contribution in [2.24, 2.45) is 16.5 Å². The Morgan fingerprint density at radius 2 is 1.37 bits per heavy atom. The van der Waals surface area contributed by atoms with E-state index in [-0.39, 0.29) is 0 Å². The van der Waals surface area contributed by atoms with Crippen molar-refractivity contribution in [3.8, 4) is 0 Å². The summed E-state index contributed by atoms with van der Waals surface area (Å²) in [7, 11) is -0.874. The van der Waals surface area contributed by atoms with Gasteiger partial charge in [0.1, 0.15) is 0 Å². The molecule has 0 rings (SSSR count). The van der Waals surface area contributed by atoms with Gasteiger partial charge in [0.2, 0.25) is 0 Å². The second-order valence-electron chi connectivity index (χ2n) is 5.83. The van der Waals surface area contributed by atoms with Crippen LogP contribution in [0, 0.1) is 0 Å². The van der Waals surface area contributed by atoms with Gasteiger partial charge >= 0.3 is 17.4 Å². The summed E-state index contributed by atoms with van der Waals surface area (Å²) < 4.78 is 27.6. The van der Waals surface area contributed by atoms with Crippen LogP contribution in [0.4, 0.5) is 0 Å². The molecule has 0 aromatic heterocycles. The van der Waals surface area contributed by atoms with Crippen LogP contribution in [0.3, 0.4) is 0 Å². The highest BCUT2D eigenvalue weighted by molar-refractivity contribution is 6.66. The van der Waals surface area contributed by atoms with Crippen LogP contribution >= 0.6 is 0 Å². The molecule has 0 fully saturated rings. The molecule has 0 radical (unpaired) electrons. The molecule has 0 unspecified atom stereocenters. The second-order valence-corrected chi connectivity index (χ2v) is 12.1. The number of nitrogens with zero attached hydrogens (tertiary/aromatic N) is 1. The molecule has 4 N–H and O–H groups in total. The molecule has 0 atom stereocenters. The van der Waals surface area contributed by atoms with Gasteiger partial charge in [-0.05, 0) is 59.0 Å². The average Bonchev–Trinajstić information content (AvgIpc) is 2.67. The first kappa shape index (κ1) is 29.0. The van der Waals surface area contributed by atoms with E-state index in [0.717, 1.165) is 24.9 Å². The molecule has 0 aliphatic heterocycles. The lowest BCUT2D eigenvalue weighted by molar-refractivity contribution is 0.0710. The largest absolute Gasteiger partial charge is 0.500 e. The minimum absolute atomic E-state index is 0.611. The molecule has 0 aromatic carbocycles. The molecule has 164 valence electrons. The third-order valence-electron chi connectivity index (χ3n) is 3.76. The van der Waals surface area contributed by atoms with Gasteiger partial charge in [-0.1, -0.05) is 0 Å². The van der Waals surface area contributed by atoms with Gasteiger partial charge < -0.3 is 33.6 Å². The zero-order valence-electron chi connectivity index (χ0n) is 18.3. The van der Waals surface area contributed by atoms with Crippen LogP contribution < -0.4 is 11.5 Å². The highest BCUT2D eigenvalue weighted by Gasteiger charge is 2.39. The summed E-state index contributed by atoms with van der Waals surface area (Å²) >= 11 is 0. The molecule has 0 amide bonds. The Morgan fingerprint density at radius 1 is 0.852 bits per heavy atom. The molecule has 0 aliphatic rings. The summed E-state index contributed by atoms with van der Waals surface area (Å²) in [5.74, 6) is 0. The van der Waals surface area contributed by atoms with Gasteiger partial charge in [0.15, 0.2) is 0 Å². The zero-order chi connectivity index (χ0) is 21.0. The van der Waals surface area contributed by atoms with Gasteiger partial charge in [-0.25, -0.2) is 0 Å². The maximum Gasteiger partial charge on any atom is 0.500 e. The fourth-order valence-corrected chi connectivity index (χ4v) is 6.06. The van der Waals surface area contributed by atoms with Crippen molar-refractivity contribution in [3.63, 3.8) is 0 Å². The fourth-order valence-electron chi connectivity index (χ4n) is 2.19. The van der Waals surface area contributed by atoms with Crippen molar-refractivity contribution >= 4 is 23.6 Å². The van der Waals surface area contributed by atoms with Crippen LogP contribution in [0.2, 0.25) is 18.6 Å². The third-order valence-corrected chi connectivity index (χ3v) is 9.83. The molecule has 8 nitrogen and oxygen atoms in total. The summed E-state index contributed by atoms with van der Waals surface area (Å²) in [6.45, 7) is 11.8. The molecule has 27 heavy (non-hydrogen) atoms. The van der Waals surface area contributed by atoms with Gasteiger partial charge in [0.25, 0.3) is 0 Å². The number of hydrogen-bond acceptors (Lipinski definition) is 8. The lowest BCUT2D eigenvalue weighted by atomic mass is 10.5. The topological polar surface area (TPSA) is 111 Å². The van der Waals surface area contributed by atoms with E-state index in [1.807, 2.05) is 33.5 Å².